The van der Waals surface area contributed by atoms with E-state index in [0.29, 0.717) is 12.7 Å². The van der Waals surface area contributed by atoms with Gasteiger partial charge in [0, 0.05) is 11.6 Å². The van der Waals surface area contributed by atoms with Crippen LogP contribution in [0, 0.1) is 0 Å². The van der Waals surface area contributed by atoms with Crippen molar-refractivity contribution in [3.63, 3.8) is 0 Å². The lowest BCUT2D eigenvalue weighted by Crippen LogP contribution is -2.16. The molecule has 0 amide bonds. The van der Waals surface area contributed by atoms with E-state index in [9.17, 15) is 0 Å². The van der Waals surface area contributed by atoms with Crippen LogP contribution in [0.3, 0.4) is 0 Å². The van der Waals surface area contributed by atoms with Gasteiger partial charge in [-0.15, -0.1) is 0 Å². The fourth-order valence-corrected chi connectivity index (χ4v) is 1.69. The Labute approximate surface area is 89.2 Å². The minimum atomic E-state index is 0.380. The van der Waals surface area contributed by atoms with Crippen molar-refractivity contribution in [2.75, 3.05) is 13.1 Å². The maximum atomic E-state index is 5.79. The predicted molar refractivity (Wildman–Crippen MR) is 57.5 cm³/mol. The Morgan fingerprint density at radius 3 is 2.79 bits per heavy atom. The number of ether oxygens (including phenoxy) is 1. The number of halogens is 1. The first-order chi connectivity index (χ1) is 6.84. The van der Waals surface area contributed by atoms with E-state index in [1.165, 1.54) is 5.56 Å². The Hall–Kier alpha value is -0.570. The van der Waals surface area contributed by atoms with Crippen LogP contribution in [0.15, 0.2) is 24.3 Å². The standard InChI is InChI=1S/C11H14ClNO/c12-10-3-1-9(2-4-10)8-14-11-5-6-13-7-11/h1-4,11,13H,5-8H2/t11-/m1/s1. The maximum absolute atomic E-state index is 5.79. The van der Waals surface area contributed by atoms with Crippen LogP contribution < -0.4 is 5.32 Å². The van der Waals surface area contributed by atoms with Gasteiger partial charge in [0.15, 0.2) is 0 Å². The summed E-state index contributed by atoms with van der Waals surface area (Å²) < 4.78 is 5.72. The van der Waals surface area contributed by atoms with Gasteiger partial charge in [0.05, 0.1) is 12.7 Å². The fourth-order valence-electron chi connectivity index (χ4n) is 1.57. The van der Waals surface area contributed by atoms with Crippen LogP contribution in [0.25, 0.3) is 0 Å². The Bertz CT molecular complexity index is 280. The quantitative estimate of drug-likeness (QED) is 0.828. The highest BCUT2D eigenvalue weighted by atomic mass is 35.5. The average Bonchev–Trinajstić information content (AvgIpc) is 2.70. The molecule has 76 valence electrons. The zero-order valence-corrected chi connectivity index (χ0v) is 8.76. The molecule has 0 radical (unpaired) electrons. The van der Waals surface area contributed by atoms with Gasteiger partial charge >= 0.3 is 0 Å². The van der Waals surface area contributed by atoms with Crippen LogP contribution in [0.4, 0.5) is 0 Å². The molecule has 1 aliphatic rings. The summed E-state index contributed by atoms with van der Waals surface area (Å²) in [6, 6.07) is 7.80. The lowest BCUT2D eigenvalue weighted by molar-refractivity contribution is 0.0542. The molecule has 0 spiro atoms. The second-order valence-electron chi connectivity index (χ2n) is 3.55. The lowest BCUT2D eigenvalue weighted by atomic mass is 10.2. The molecule has 1 heterocycles. The molecule has 2 nitrogen and oxygen atoms in total. The van der Waals surface area contributed by atoms with Crippen LogP contribution in [0.5, 0.6) is 0 Å². The van der Waals surface area contributed by atoms with Crippen LogP contribution in [0.2, 0.25) is 5.02 Å². The first kappa shape index (κ1) is 9.97. The summed E-state index contributed by atoms with van der Waals surface area (Å²) in [4.78, 5) is 0. The first-order valence-electron chi connectivity index (χ1n) is 4.91. The topological polar surface area (TPSA) is 21.3 Å². The molecule has 0 bridgehead atoms. The third-order valence-corrected chi connectivity index (χ3v) is 2.67. The molecular weight excluding hydrogens is 198 g/mol. The molecule has 0 saturated carbocycles. The van der Waals surface area contributed by atoms with E-state index >= 15 is 0 Å². The minimum Gasteiger partial charge on any atom is -0.372 e. The summed E-state index contributed by atoms with van der Waals surface area (Å²) in [6.45, 7) is 2.74. The van der Waals surface area contributed by atoms with E-state index in [1.807, 2.05) is 24.3 Å². The van der Waals surface area contributed by atoms with Gasteiger partial charge in [-0.3, -0.25) is 0 Å². The number of hydrogen-bond acceptors (Lipinski definition) is 2. The largest absolute Gasteiger partial charge is 0.372 e. The number of rotatable bonds is 3. The molecule has 1 N–H and O–H groups in total. The van der Waals surface area contributed by atoms with Crippen molar-refractivity contribution in [3.05, 3.63) is 34.9 Å². The molecule has 14 heavy (non-hydrogen) atoms. The Morgan fingerprint density at radius 1 is 1.36 bits per heavy atom. The first-order valence-corrected chi connectivity index (χ1v) is 5.29. The second kappa shape index (κ2) is 4.78. The van der Waals surface area contributed by atoms with Gasteiger partial charge in [-0.05, 0) is 30.7 Å². The van der Waals surface area contributed by atoms with E-state index in [-0.39, 0.29) is 0 Å². The molecule has 1 saturated heterocycles. The summed E-state index contributed by atoms with van der Waals surface area (Å²) in [7, 11) is 0. The summed E-state index contributed by atoms with van der Waals surface area (Å²) in [5, 5.41) is 4.05. The van der Waals surface area contributed by atoms with Crippen molar-refractivity contribution in [2.45, 2.75) is 19.1 Å². The summed E-state index contributed by atoms with van der Waals surface area (Å²) in [6.07, 6.45) is 1.50. The Morgan fingerprint density at radius 2 is 2.14 bits per heavy atom. The molecule has 1 atom stereocenters. The van der Waals surface area contributed by atoms with E-state index in [1.54, 1.807) is 0 Å². The van der Waals surface area contributed by atoms with Gasteiger partial charge in [-0.2, -0.15) is 0 Å². The van der Waals surface area contributed by atoms with Crippen molar-refractivity contribution in [1.29, 1.82) is 0 Å². The third kappa shape index (κ3) is 2.71. The highest BCUT2D eigenvalue weighted by Crippen LogP contribution is 2.12. The van der Waals surface area contributed by atoms with Crippen LogP contribution in [0.1, 0.15) is 12.0 Å². The highest BCUT2D eigenvalue weighted by Gasteiger charge is 2.14. The van der Waals surface area contributed by atoms with Crippen molar-refractivity contribution >= 4 is 11.6 Å². The summed E-state index contributed by atoms with van der Waals surface area (Å²) in [5.74, 6) is 0. The molecular formula is C11H14ClNO. The molecule has 1 fully saturated rings. The normalized spacial score (nSPS) is 21.4. The van der Waals surface area contributed by atoms with E-state index in [0.717, 1.165) is 24.5 Å². The van der Waals surface area contributed by atoms with Gasteiger partial charge < -0.3 is 10.1 Å². The Kier molecular flexibility index (Phi) is 3.40. The summed E-state index contributed by atoms with van der Waals surface area (Å²) in [5.41, 5.74) is 1.18. The predicted octanol–water partition coefficient (Wildman–Crippen LogP) is 2.22. The molecule has 2 rings (SSSR count). The fraction of sp³-hybridized carbons (Fsp3) is 0.455. The van der Waals surface area contributed by atoms with E-state index < -0.39 is 0 Å². The van der Waals surface area contributed by atoms with Gasteiger partial charge in [-0.1, -0.05) is 23.7 Å². The van der Waals surface area contributed by atoms with Crippen molar-refractivity contribution in [1.82, 2.24) is 5.32 Å². The molecule has 0 aromatic heterocycles. The number of nitrogens with one attached hydrogen (secondary N) is 1. The molecule has 1 aromatic carbocycles. The van der Waals surface area contributed by atoms with Gasteiger partial charge in [0.1, 0.15) is 0 Å². The smallest absolute Gasteiger partial charge is 0.0721 e. The van der Waals surface area contributed by atoms with Crippen LogP contribution >= 0.6 is 11.6 Å². The molecule has 0 unspecified atom stereocenters. The molecule has 0 aliphatic carbocycles. The lowest BCUT2D eigenvalue weighted by Gasteiger charge is -2.10. The van der Waals surface area contributed by atoms with Crippen LogP contribution in [-0.4, -0.2) is 19.2 Å². The monoisotopic (exact) mass is 211 g/mol. The van der Waals surface area contributed by atoms with Crippen molar-refractivity contribution in [2.24, 2.45) is 0 Å². The van der Waals surface area contributed by atoms with Gasteiger partial charge in [0.25, 0.3) is 0 Å². The second-order valence-corrected chi connectivity index (χ2v) is 3.99. The Balaban J connectivity index is 1.82. The molecule has 3 heteroatoms. The third-order valence-electron chi connectivity index (χ3n) is 2.41. The van der Waals surface area contributed by atoms with E-state index in [4.69, 9.17) is 16.3 Å². The number of benzene rings is 1. The summed E-state index contributed by atoms with van der Waals surface area (Å²) >= 11 is 5.79. The van der Waals surface area contributed by atoms with E-state index in [2.05, 4.69) is 5.32 Å². The van der Waals surface area contributed by atoms with Gasteiger partial charge in [-0.25, -0.2) is 0 Å². The van der Waals surface area contributed by atoms with Gasteiger partial charge in [0.2, 0.25) is 0 Å². The van der Waals surface area contributed by atoms with Crippen molar-refractivity contribution < 1.29 is 4.74 Å². The molecule has 1 aliphatic heterocycles. The zero-order valence-electron chi connectivity index (χ0n) is 8.00. The molecule has 1 aromatic rings. The van der Waals surface area contributed by atoms with Crippen LogP contribution in [-0.2, 0) is 11.3 Å². The zero-order chi connectivity index (χ0) is 9.80. The van der Waals surface area contributed by atoms with Crippen molar-refractivity contribution in [3.8, 4) is 0 Å². The minimum absolute atomic E-state index is 0.380. The maximum Gasteiger partial charge on any atom is 0.0721 e. The average molecular weight is 212 g/mol. The SMILES string of the molecule is Clc1ccc(CO[C@@H]2CCNC2)cc1. The number of hydrogen-bond donors (Lipinski definition) is 1. The highest BCUT2D eigenvalue weighted by molar-refractivity contribution is 6.30.